The van der Waals surface area contributed by atoms with Crippen LogP contribution in [0.5, 0.6) is 0 Å². The van der Waals surface area contributed by atoms with Crippen LogP contribution in [0.25, 0.3) is 0 Å². The van der Waals surface area contributed by atoms with Crippen molar-refractivity contribution >= 4 is 29.1 Å². The van der Waals surface area contributed by atoms with Gasteiger partial charge in [-0.3, -0.25) is 4.79 Å². The maximum absolute atomic E-state index is 13.3. The molecule has 0 aliphatic carbocycles. The molecule has 17 heavy (non-hydrogen) atoms. The maximum Gasteiger partial charge on any atom is 0.254 e. The van der Waals surface area contributed by atoms with Crippen molar-refractivity contribution < 1.29 is 13.6 Å². The van der Waals surface area contributed by atoms with Gasteiger partial charge in [-0.1, -0.05) is 11.6 Å². The summed E-state index contributed by atoms with van der Waals surface area (Å²) in [5, 5.41) is 2.13. The lowest BCUT2D eigenvalue weighted by Crippen LogP contribution is -2.25. The van der Waals surface area contributed by atoms with E-state index in [1.165, 1.54) is 0 Å². The Bertz CT molecular complexity index is 413. The minimum atomic E-state index is -0.841. The number of hydrogen-bond donors (Lipinski definition) is 1. The summed E-state index contributed by atoms with van der Waals surface area (Å²) in [4.78, 5) is 11.5. The third-order valence-electron chi connectivity index (χ3n) is 2.10. The molecule has 94 valence electrons. The molecule has 0 aliphatic rings. The van der Waals surface area contributed by atoms with Gasteiger partial charge in [-0.05, 0) is 25.0 Å². The van der Waals surface area contributed by atoms with Crippen molar-refractivity contribution in [3.8, 4) is 0 Å². The lowest BCUT2D eigenvalue weighted by atomic mass is 10.2. The lowest BCUT2D eigenvalue weighted by molar-refractivity contribution is 0.0948. The molecule has 0 unspecified atom stereocenters. The van der Waals surface area contributed by atoms with Crippen LogP contribution in [-0.2, 0) is 0 Å². The van der Waals surface area contributed by atoms with E-state index < -0.39 is 17.5 Å². The smallest absolute Gasteiger partial charge is 0.254 e. The molecule has 1 amide bonds. The average Bonchev–Trinajstić information content (AvgIpc) is 2.29. The van der Waals surface area contributed by atoms with Crippen LogP contribution in [0.2, 0.25) is 5.02 Å². The topological polar surface area (TPSA) is 29.1 Å². The summed E-state index contributed by atoms with van der Waals surface area (Å²) in [5.74, 6) is -1.82. The predicted octanol–water partition coefficient (Wildman–Crippen LogP) is 3.37. The highest BCUT2D eigenvalue weighted by molar-refractivity contribution is 6.30. The van der Waals surface area contributed by atoms with E-state index in [4.69, 9.17) is 23.2 Å². The molecular formula is C11H11Cl2F2NO. The molecule has 0 bridgehead atoms. The van der Waals surface area contributed by atoms with E-state index >= 15 is 0 Å². The van der Waals surface area contributed by atoms with Crippen molar-refractivity contribution in [2.45, 2.75) is 12.8 Å². The minimum absolute atomic E-state index is 0.346. The first-order valence-corrected chi connectivity index (χ1v) is 5.96. The number of unbranched alkanes of at least 4 members (excludes halogenated alkanes) is 1. The molecule has 0 atom stereocenters. The lowest BCUT2D eigenvalue weighted by Gasteiger charge is -2.06. The quantitative estimate of drug-likeness (QED) is 0.501. The van der Waals surface area contributed by atoms with Crippen LogP contribution in [0.3, 0.4) is 0 Å². The third-order valence-corrected chi connectivity index (χ3v) is 2.66. The summed E-state index contributed by atoms with van der Waals surface area (Å²) in [6.45, 7) is 0.370. The standard InChI is InChI=1S/C11H11Cl2F2NO/c12-3-1-2-4-16-11(17)7-5-10(15)8(13)6-9(7)14/h5-6H,1-4H2,(H,16,17). The number of amides is 1. The van der Waals surface area contributed by atoms with Gasteiger partial charge in [0.05, 0.1) is 10.6 Å². The zero-order chi connectivity index (χ0) is 12.8. The summed E-state index contributed by atoms with van der Waals surface area (Å²) in [6, 6.07) is 1.57. The van der Waals surface area contributed by atoms with Crippen molar-refractivity contribution in [3.05, 3.63) is 34.4 Å². The van der Waals surface area contributed by atoms with Gasteiger partial charge < -0.3 is 5.32 Å². The third kappa shape index (κ3) is 4.13. The molecule has 0 aromatic heterocycles. The summed E-state index contributed by atoms with van der Waals surface area (Å²) in [6.07, 6.45) is 1.44. The van der Waals surface area contributed by atoms with Gasteiger partial charge in [0.1, 0.15) is 11.6 Å². The largest absolute Gasteiger partial charge is 0.352 e. The fourth-order valence-electron chi connectivity index (χ4n) is 1.21. The fourth-order valence-corrected chi connectivity index (χ4v) is 1.55. The summed E-state index contributed by atoms with van der Waals surface area (Å²) >= 11 is 10.8. The van der Waals surface area contributed by atoms with Crippen LogP contribution in [0.4, 0.5) is 8.78 Å². The summed E-state index contributed by atoms with van der Waals surface area (Å²) in [5.41, 5.74) is -0.349. The number of hydrogen-bond acceptors (Lipinski definition) is 1. The second-order valence-electron chi connectivity index (χ2n) is 3.40. The molecule has 1 N–H and O–H groups in total. The van der Waals surface area contributed by atoms with Crippen molar-refractivity contribution in [3.63, 3.8) is 0 Å². The van der Waals surface area contributed by atoms with Gasteiger partial charge in [0, 0.05) is 12.4 Å². The summed E-state index contributed by atoms with van der Waals surface area (Å²) in [7, 11) is 0. The van der Waals surface area contributed by atoms with Crippen molar-refractivity contribution in [1.29, 1.82) is 0 Å². The Hall–Kier alpha value is -0.870. The van der Waals surface area contributed by atoms with Crippen molar-refractivity contribution in [1.82, 2.24) is 5.32 Å². The molecule has 0 heterocycles. The molecule has 0 saturated heterocycles. The van der Waals surface area contributed by atoms with Crippen LogP contribution in [-0.4, -0.2) is 18.3 Å². The molecule has 2 nitrogen and oxygen atoms in total. The van der Waals surface area contributed by atoms with Crippen LogP contribution < -0.4 is 5.32 Å². The Kier molecular flexibility index (Phi) is 5.65. The molecule has 0 radical (unpaired) electrons. The van der Waals surface area contributed by atoms with E-state index in [1.807, 2.05) is 0 Å². The van der Waals surface area contributed by atoms with E-state index in [9.17, 15) is 13.6 Å². The Morgan fingerprint density at radius 1 is 1.24 bits per heavy atom. The normalized spacial score (nSPS) is 10.4. The van der Waals surface area contributed by atoms with Gasteiger partial charge in [-0.15, -0.1) is 11.6 Å². The number of benzene rings is 1. The first-order valence-electron chi connectivity index (χ1n) is 5.05. The van der Waals surface area contributed by atoms with Crippen LogP contribution >= 0.6 is 23.2 Å². The summed E-state index contributed by atoms with van der Waals surface area (Å²) < 4.78 is 26.4. The predicted molar refractivity (Wildman–Crippen MR) is 63.7 cm³/mol. The fraction of sp³-hybridized carbons (Fsp3) is 0.364. The maximum atomic E-state index is 13.3. The van der Waals surface area contributed by atoms with Gasteiger partial charge in [0.15, 0.2) is 0 Å². The van der Waals surface area contributed by atoms with Gasteiger partial charge in [-0.2, -0.15) is 0 Å². The number of halogens is 4. The van der Waals surface area contributed by atoms with Gasteiger partial charge >= 0.3 is 0 Å². The number of carbonyl (C=O) groups is 1. The Balaban J connectivity index is 2.66. The van der Waals surface area contributed by atoms with Crippen LogP contribution in [0.15, 0.2) is 12.1 Å². The monoisotopic (exact) mass is 281 g/mol. The molecule has 0 spiro atoms. The van der Waals surface area contributed by atoms with Crippen LogP contribution in [0, 0.1) is 11.6 Å². The molecule has 6 heteroatoms. The molecule has 1 aromatic rings. The second-order valence-corrected chi connectivity index (χ2v) is 4.18. The first kappa shape index (κ1) is 14.2. The van der Waals surface area contributed by atoms with Crippen molar-refractivity contribution in [2.24, 2.45) is 0 Å². The molecule has 0 aliphatic heterocycles. The number of carbonyl (C=O) groups excluding carboxylic acids is 1. The number of rotatable bonds is 5. The zero-order valence-corrected chi connectivity index (χ0v) is 10.4. The van der Waals surface area contributed by atoms with E-state index in [-0.39, 0.29) is 10.6 Å². The highest BCUT2D eigenvalue weighted by Gasteiger charge is 2.14. The number of nitrogens with one attached hydrogen (secondary N) is 1. The van der Waals surface area contributed by atoms with Gasteiger partial charge in [-0.25, -0.2) is 8.78 Å². The van der Waals surface area contributed by atoms with E-state index in [0.717, 1.165) is 18.6 Å². The molecular weight excluding hydrogens is 271 g/mol. The first-order chi connectivity index (χ1) is 8.06. The van der Waals surface area contributed by atoms with Gasteiger partial charge in [0.2, 0.25) is 0 Å². The molecule has 1 aromatic carbocycles. The van der Waals surface area contributed by atoms with E-state index in [0.29, 0.717) is 18.8 Å². The highest BCUT2D eigenvalue weighted by Crippen LogP contribution is 2.19. The van der Waals surface area contributed by atoms with E-state index in [1.54, 1.807) is 0 Å². The highest BCUT2D eigenvalue weighted by atomic mass is 35.5. The Morgan fingerprint density at radius 3 is 2.59 bits per heavy atom. The Morgan fingerprint density at radius 2 is 1.94 bits per heavy atom. The van der Waals surface area contributed by atoms with Crippen LogP contribution in [0.1, 0.15) is 23.2 Å². The second kappa shape index (κ2) is 6.77. The zero-order valence-electron chi connectivity index (χ0n) is 8.90. The molecule has 0 fully saturated rings. The van der Waals surface area contributed by atoms with Crippen molar-refractivity contribution in [2.75, 3.05) is 12.4 Å². The molecule has 0 saturated carbocycles. The number of alkyl halides is 1. The Labute approximate surface area is 108 Å². The average molecular weight is 282 g/mol. The van der Waals surface area contributed by atoms with E-state index in [2.05, 4.69) is 5.32 Å². The minimum Gasteiger partial charge on any atom is -0.352 e. The SMILES string of the molecule is O=C(NCCCCCl)c1cc(F)c(Cl)cc1F. The molecule has 1 rings (SSSR count). The van der Waals surface area contributed by atoms with Gasteiger partial charge in [0.25, 0.3) is 5.91 Å².